The number of para-hydroxylation sites is 2. The fraction of sp³-hybridized carbons (Fsp3) is 0.250. The van der Waals surface area contributed by atoms with Crippen LogP contribution in [0.25, 0.3) is 11.1 Å². The van der Waals surface area contributed by atoms with Crippen LogP contribution in [-0.4, -0.2) is 21.8 Å². The van der Waals surface area contributed by atoms with Gasteiger partial charge in [-0.05, 0) is 54.8 Å². The smallest absolute Gasteiger partial charge is 0.251 e. The van der Waals surface area contributed by atoms with E-state index in [1.807, 2.05) is 60.7 Å². The molecule has 0 bridgehead atoms. The van der Waals surface area contributed by atoms with Crippen LogP contribution in [0, 0.1) is 0 Å². The molecule has 0 spiro atoms. The number of amides is 1. The van der Waals surface area contributed by atoms with Crippen LogP contribution in [0.4, 0.5) is 0 Å². The van der Waals surface area contributed by atoms with Crippen molar-refractivity contribution in [2.24, 2.45) is 0 Å². The maximum atomic E-state index is 12.2. The first kappa shape index (κ1) is 18.6. The van der Waals surface area contributed by atoms with E-state index >= 15 is 0 Å². The van der Waals surface area contributed by atoms with E-state index in [9.17, 15) is 4.79 Å². The monoisotopic (exact) mass is 401 g/mol. The molecule has 2 heterocycles. The van der Waals surface area contributed by atoms with Gasteiger partial charge in [-0.25, -0.2) is 4.98 Å². The molecule has 152 valence electrons. The van der Waals surface area contributed by atoms with Gasteiger partial charge in [-0.1, -0.05) is 24.3 Å². The molecule has 1 N–H and O–H groups in total. The maximum Gasteiger partial charge on any atom is 0.251 e. The molecule has 2 aromatic heterocycles. The number of carbonyl (C=O) groups is 1. The molecule has 0 atom stereocenters. The van der Waals surface area contributed by atoms with Gasteiger partial charge in [-0.15, -0.1) is 0 Å². The van der Waals surface area contributed by atoms with E-state index in [0.717, 1.165) is 35.3 Å². The lowest BCUT2D eigenvalue weighted by Crippen LogP contribution is -2.25. The molecule has 6 nitrogen and oxygen atoms in total. The van der Waals surface area contributed by atoms with Gasteiger partial charge in [-0.2, -0.15) is 0 Å². The SMILES string of the molecule is O=C(NC1CC1)c1ccc(CN(Cc2ccco2)Cc2nc3ccccc3o2)cc1. The van der Waals surface area contributed by atoms with E-state index in [0.29, 0.717) is 37.1 Å². The highest BCUT2D eigenvalue weighted by Crippen LogP contribution is 2.21. The zero-order chi connectivity index (χ0) is 20.3. The molecule has 1 aliphatic carbocycles. The molecule has 0 saturated heterocycles. The maximum absolute atomic E-state index is 12.2. The van der Waals surface area contributed by atoms with Crippen molar-refractivity contribution in [2.75, 3.05) is 0 Å². The Kier molecular flexibility index (Phi) is 5.07. The van der Waals surface area contributed by atoms with Gasteiger partial charge in [0, 0.05) is 18.2 Å². The first-order valence-corrected chi connectivity index (χ1v) is 10.2. The average molecular weight is 401 g/mol. The van der Waals surface area contributed by atoms with Crippen LogP contribution in [0.2, 0.25) is 0 Å². The van der Waals surface area contributed by atoms with E-state index in [1.54, 1.807) is 6.26 Å². The molecule has 1 amide bonds. The summed E-state index contributed by atoms with van der Waals surface area (Å²) in [5.74, 6) is 1.55. The molecule has 5 rings (SSSR count). The molecule has 1 saturated carbocycles. The third kappa shape index (κ3) is 4.44. The summed E-state index contributed by atoms with van der Waals surface area (Å²) in [4.78, 5) is 19.0. The van der Waals surface area contributed by atoms with Crippen LogP contribution < -0.4 is 5.32 Å². The zero-order valence-electron chi connectivity index (χ0n) is 16.6. The molecular formula is C24H23N3O3. The number of carbonyl (C=O) groups excluding carboxylic acids is 1. The molecule has 6 heteroatoms. The van der Waals surface area contributed by atoms with Crippen molar-refractivity contribution in [3.8, 4) is 0 Å². The summed E-state index contributed by atoms with van der Waals surface area (Å²) in [5.41, 5.74) is 3.45. The number of hydrogen-bond donors (Lipinski definition) is 1. The fourth-order valence-corrected chi connectivity index (χ4v) is 3.49. The van der Waals surface area contributed by atoms with Gasteiger partial charge in [0.25, 0.3) is 5.91 Å². The zero-order valence-corrected chi connectivity index (χ0v) is 16.6. The molecule has 4 aromatic rings. The lowest BCUT2D eigenvalue weighted by atomic mass is 10.1. The van der Waals surface area contributed by atoms with Crippen molar-refractivity contribution in [1.82, 2.24) is 15.2 Å². The van der Waals surface area contributed by atoms with E-state index in [1.165, 1.54) is 0 Å². The van der Waals surface area contributed by atoms with Crippen molar-refractivity contribution in [1.29, 1.82) is 0 Å². The van der Waals surface area contributed by atoms with Crippen molar-refractivity contribution in [2.45, 2.75) is 38.5 Å². The van der Waals surface area contributed by atoms with E-state index in [-0.39, 0.29) is 5.91 Å². The van der Waals surface area contributed by atoms with Crippen LogP contribution in [-0.2, 0) is 19.6 Å². The Labute approximate surface area is 174 Å². The van der Waals surface area contributed by atoms with Crippen LogP contribution >= 0.6 is 0 Å². The van der Waals surface area contributed by atoms with Gasteiger partial charge < -0.3 is 14.2 Å². The third-order valence-electron chi connectivity index (χ3n) is 5.19. The van der Waals surface area contributed by atoms with Gasteiger partial charge in [0.05, 0.1) is 19.4 Å². The standard InChI is InChI=1S/C24H23N3O3/c28-24(25-19-11-12-19)18-9-7-17(8-10-18)14-27(15-20-4-3-13-29-20)16-23-26-21-5-1-2-6-22(21)30-23/h1-10,13,19H,11-12,14-16H2,(H,25,28). The van der Waals surface area contributed by atoms with Gasteiger partial charge in [0.1, 0.15) is 11.3 Å². The molecular weight excluding hydrogens is 378 g/mol. The molecule has 1 aliphatic rings. The fourth-order valence-electron chi connectivity index (χ4n) is 3.49. The minimum absolute atomic E-state index is 0.00275. The summed E-state index contributed by atoms with van der Waals surface area (Å²) in [6.07, 6.45) is 3.85. The van der Waals surface area contributed by atoms with E-state index < -0.39 is 0 Å². The Morgan fingerprint density at radius 2 is 1.83 bits per heavy atom. The first-order chi connectivity index (χ1) is 14.7. The predicted octanol–water partition coefficient (Wildman–Crippen LogP) is 4.52. The largest absolute Gasteiger partial charge is 0.468 e. The van der Waals surface area contributed by atoms with Crippen molar-refractivity contribution in [3.63, 3.8) is 0 Å². The van der Waals surface area contributed by atoms with Crippen LogP contribution in [0.5, 0.6) is 0 Å². The van der Waals surface area contributed by atoms with Crippen LogP contribution in [0.15, 0.2) is 75.8 Å². The van der Waals surface area contributed by atoms with Gasteiger partial charge in [-0.3, -0.25) is 9.69 Å². The first-order valence-electron chi connectivity index (χ1n) is 10.2. The average Bonchev–Trinajstić information content (AvgIpc) is 3.24. The quantitative estimate of drug-likeness (QED) is 0.470. The number of fused-ring (bicyclic) bond motifs is 1. The molecule has 1 fully saturated rings. The number of nitrogens with zero attached hydrogens (tertiary/aromatic N) is 2. The number of furan rings is 1. The van der Waals surface area contributed by atoms with Crippen molar-refractivity contribution >= 4 is 17.0 Å². The van der Waals surface area contributed by atoms with Gasteiger partial charge in [0.15, 0.2) is 5.58 Å². The lowest BCUT2D eigenvalue weighted by Gasteiger charge is -2.20. The summed E-state index contributed by atoms with van der Waals surface area (Å²) in [6, 6.07) is 19.8. The Balaban J connectivity index is 1.31. The summed E-state index contributed by atoms with van der Waals surface area (Å²) >= 11 is 0. The van der Waals surface area contributed by atoms with Gasteiger partial charge in [0.2, 0.25) is 5.89 Å². The predicted molar refractivity (Wildman–Crippen MR) is 113 cm³/mol. The number of aromatic nitrogens is 1. The Bertz CT molecular complexity index is 1100. The summed E-state index contributed by atoms with van der Waals surface area (Å²) in [7, 11) is 0. The molecule has 0 aliphatic heterocycles. The lowest BCUT2D eigenvalue weighted by molar-refractivity contribution is 0.0951. The van der Waals surface area contributed by atoms with Crippen molar-refractivity contribution in [3.05, 3.63) is 89.7 Å². The Morgan fingerprint density at radius 3 is 2.57 bits per heavy atom. The number of benzene rings is 2. The van der Waals surface area contributed by atoms with Crippen molar-refractivity contribution < 1.29 is 13.6 Å². The number of rotatable bonds is 8. The van der Waals surface area contributed by atoms with Crippen LogP contribution in [0.3, 0.4) is 0 Å². The van der Waals surface area contributed by atoms with E-state index in [4.69, 9.17) is 8.83 Å². The second-order valence-corrected chi connectivity index (χ2v) is 7.74. The third-order valence-corrected chi connectivity index (χ3v) is 5.19. The second-order valence-electron chi connectivity index (χ2n) is 7.74. The Hall–Kier alpha value is -3.38. The molecule has 2 aromatic carbocycles. The highest BCUT2D eigenvalue weighted by atomic mass is 16.3. The Morgan fingerprint density at radius 1 is 1.00 bits per heavy atom. The highest BCUT2D eigenvalue weighted by Gasteiger charge is 2.23. The molecule has 30 heavy (non-hydrogen) atoms. The molecule has 0 radical (unpaired) electrons. The van der Waals surface area contributed by atoms with Gasteiger partial charge >= 0.3 is 0 Å². The number of oxazole rings is 1. The molecule has 0 unspecified atom stereocenters. The topological polar surface area (TPSA) is 71.5 Å². The van der Waals surface area contributed by atoms with E-state index in [2.05, 4.69) is 15.2 Å². The second kappa shape index (κ2) is 8.16. The number of hydrogen-bond acceptors (Lipinski definition) is 5. The highest BCUT2D eigenvalue weighted by molar-refractivity contribution is 5.94. The summed E-state index contributed by atoms with van der Waals surface area (Å²) in [5, 5.41) is 3.02. The van der Waals surface area contributed by atoms with Crippen LogP contribution in [0.1, 0.15) is 40.4 Å². The summed E-state index contributed by atoms with van der Waals surface area (Å²) in [6.45, 7) is 1.87. The minimum atomic E-state index is 0.00275. The minimum Gasteiger partial charge on any atom is -0.468 e. The number of nitrogens with one attached hydrogen (secondary N) is 1. The normalized spacial score (nSPS) is 13.8. The summed E-state index contributed by atoms with van der Waals surface area (Å²) < 4.78 is 11.5.